The van der Waals surface area contributed by atoms with Gasteiger partial charge in [-0.15, -0.1) is 0 Å². The van der Waals surface area contributed by atoms with Crippen molar-refractivity contribution in [1.29, 1.82) is 0 Å². The summed E-state index contributed by atoms with van der Waals surface area (Å²) in [6.07, 6.45) is 0. The Bertz CT molecular complexity index is 516. The molecule has 6 nitrogen and oxygen atoms in total. The molecule has 0 bridgehead atoms. The van der Waals surface area contributed by atoms with E-state index in [9.17, 15) is 9.59 Å². The van der Waals surface area contributed by atoms with Gasteiger partial charge in [-0.1, -0.05) is 12.1 Å². The van der Waals surface area contributed by atoms with E-state index in [1.165, 1.54) is 0 Å². The summed E-state index contributed by atoms with van der Waals surface area (Å²) in [7, 11) is 1.63. The molecule has 0 atom stereocenters. The molecule has 0 unspecified atom stereocenters. The van der Waals surface area contributed by atoms with Crippen molar-refractivity contribution in [3.63, 3.8) is 0 Å². The Hall–Kier alpha value is -2.08. The Morgan fingerprint density at radius 2 is 1.90 bits per heavy atom. The van der Waals surface area contributed by atoms with Crippen molar-refractivity contribution in [2.75, 3.05) is 45.5 Å². The standard InChI is InChI=1S/C15H22N4O2/c1-11-4-3-5-12(16)14(11)15(21)19-8-6-18(7-9-19)10-13(20)17-2/h3-5H,6-10,16H2,1-2H3,(H,17,20). The number of likely N-dealkylation sites (N-methyl/N-ethyl adjacent to an activating group) is 1. The van der Waals surface area contributed by atoms with E-state index in [1.807, 2.05) is 24.0 Å². The topological polar surface area (TPSA) is 78.7 Å². The van der Waals surface area contributed by atoms with Crippen LogP contribution in [0.25, 0.3) is 0 Å². The molecule has 114 valence electrons. The highest BCUT2D eigenvalue weighted by atomic mass is 16.2. The van der Waals surface area contributed by atoms with Crippen LogP contribution in [0.1, 0.15) is 15.9 Å². The molecule has 1 aromatic carbocycles. The summed E-state index contributed by atoms with van der Waals surface area (Å²) in [5.74, 6) is -0.0249. The van der Waals surface area contributed by atoms with Crippen LogP contribution in [0.4, 0.5) is 5.69 Å². The Labute approximate surface area is 124 Å². The number of benzene rings is 1. The lowest BCUT2D eigenvalue weighted by atomic mass is 10.0. The second kappa shape index (κ2) is 6.58. The number of rotatable bonds is 3. The third kappa shape index (κ3) is 3.52. The van der Waals surface area contributed by atoms with E-state index >= 15 is 0 Å². The van der Waals surface area contributed by atoms with E-state index in [2.05, 4.69) is 5.32 Å². The first-order valence-electron chi connectivity index (χ1n) is 7.10. The summed E-state index contributed by atoms with van der Waals surface area (Å²) in [5, 5.41) is 2.61. The number of carbonyl (C=O) groups is 2. The number of nitrogens with zero attached hydrogens (tertiary/aromatic N) is 2. The number of aryl methyl sites for hydroxylation is 1. The maximum Gasteiger partial charge on any atom is 0.256 e. The Balaban J connectivity index is 1.99. The number of nitrogens with one attached hydrogen (secondary N) is 1. The number of nitrogen functional groups attached to an aromatic ring is 1. The molecule has 1 fully saturated rings. The number of hydrogen-bond donors (Lipinski definition) is 2. The summed E-state index contributed by atoms with van der Waals surface area (Å²) < 4.78 is 0. The molecule has 0 aromatic heterocycles. The molecule has 1 heterocycles. The average molecular weight is 290 g/mol. The van der Waals surface area contributed by atoms with Gasteiger partial charge >= 0.3 is 0 Å². The second-order valence-electron chi connectivity index (χ2n) is 5.28. The average Bonchev–Trinajstić information content (AvgIpc) is 2.47. The first-order chi connectivity index (χ1) is 10.0. The Morgan fingerprint density at radius 3 is 2.48 bits per heavy atom. The molecule has 0 saturated carbocycles. The van der Waals surface area contributed by atoms with E-state index in [-0.39, 0.29) is 11.8 Å². The lowest BCUT2D eigenvalue weighted by Crippen LogP contribution is -2.51. The minimum atomic E-state index is -0.0230. The molecule has 1 aromatic rings. The number of hydrogen-bond acceptors (Lipinski definition) is 4. The molecule has 21 heavy (non-hydrogen) atoms. The molecular weight excluding hydrogens is 268 g/mol. The zero-order valence-electron chi connectivity index (χ0n) is 12.6. The third-order valence-electron chi connectivity index (χ3n) is 3.82. The van der Waals surface area contributed by atoms with Crippen molar-refractivity contribution >= 4 is 17.5 Å². The van der Waals surface area contributed by atoms with Crippen LogP contribution in [0.3, 0.4) is 0 Å². The van der Waals surface area contributed by atoms with Gasteiger partial charge in [0.15, 0.2) is 0 Å². The minimum absolute atomic E-state index is 0.00192. The van der Waals surface area contributed by atoms with Crippen LogP contribution in [0.5, 0.6) is 0 Å². The van der Waals surface area contributed by atoms with Gasteiger partial charge in [0.05, 0.1) is 12.1 Å². The van der Waals surface area contributed by atoms with Gasteiger partial charge in [0.1, 0.15) is 0 Å². The van der Waals surface area contributed by atoms with Crippen LogP contribution in [0, 0.1) is 6.92 Å². The zero-order chi connectivity index (χ0) is 15.4. The monoisotopic (exact) mass is 290 g/mol. The van der Waals surface area contributed by atoms with Gasteiger partial charge in [0, 0.05) is 38.9 Å². The van der Waals surface area contributed by atoms with Crippen molar-refractivity contribution in [1.82, 2.24) is 15.1 Å². The van der Waals surface area contributed by atoms with Crippen LogP contribution in [0.2, 0.25) is 0 Å². The maximum absolute atomic E-state index is 12.6. The number of anilines is 1. The quantitative estimate of drug-likeness (QED) is 0.773. The van der Waals surface area contributed by atoms with Crippen molar-refractivity contribution in [3.05, 3.63) is 29.3 Å². The van der Waals surface area contributed by atoms with Crippen molar-refractivity contribution in [3.8, 4) is 0 Å². The summed E-state index contributed by atoms with van der Waals surface area (Å²) in [6, 6.07) is 5.50. The van der Waals surface area contributed by atoms with Gasteiger partial charge < -0.3 is 16.0 Å². The molecule has 0 radical (unpaired) electrons. The van der Waals surface area contributed by atoms with Gasteiger partial charge in [-0.2, -0.15) is 0 Å². The van der Waals surface area contributed by atoms with Crippen LogP contribution in [-0.2, 0) is 4.79 Å². The fourth-order valence-electron chi connectivity index (χ4n) is 2.53. The fraction of sp³-hybridized carbons (Fsp3) is 0.467. The number of carbonyl (C=O) groups excluding carboxylic acids is 2. The van der Waals surface area contributed by atoms with Crippen molar-refractivity contribution in [2.45, 2.75) is 6.92 Å². The summed E-state index contributed by atoms with van der Waals surface area (Å²) >= 11 is 0. The molecular formula is C15H22N4O2. The van der Waals surface area contributed by atoms with Gasteiger partial charge in [-0.3, -0.25) is 14.5 Å². The van der Waals surface area contributed by atoms with Crippen LogP contribution in [-0.4, -0.2) is 61.4 Å². The van der Waals surface area contributed by atoms with Gasteiger partial charge in [0.25, 0.3) is 5.91 Å². The summed E-state index contributed by atoms with van der Waals surface area (Å²) in [5.41, 5.74) is 7.94. The van der Waals surface area contributed by atoms with Crippen LogP contribution < -0.4 is 11.1 Å². The molecule has 1 saturated heterocycles. The van der Waals surface area contributed by atoms with Crippen molar-refractivity contribution in [2.24, 2.45) is 0 Å². The first kappa shape index (κ1) is 15.3. The van der Waals surface area contributed by atoms with Crippen molar-refractivity contribution < 1.29 is 9.59 Å². The second-order valence-corrected chi connectivity index (χ2v) is 5.28. The van der Waals surface area contributed by atoms with E-state index in [1.54, 1.807) is 18.0 Å². The number of amides is 2. The predicted molar refractivity (Wildman–Crippen MR) is 82.0 cm³/mol. The first-order valence-corrected chi connectivity index (χ1v) is 7.10. The van der Waals surface area contributed by atoms with E-state index in [0.717, 1.165) is 5.56 Å². The highest BCUT2D eigenvalue weighted by Crippen LogP contribution is 2.19. The molecule has 0 spiro atoms. The number of nitrogens with two attached hydrogens (primary N) is 1. The van der Waals surface area contributed by atoms with E-state index in [0.29, 0.717) is 44.0 Å². The lowest BCUT2D eigenvalue weighted by Gasteiger charge is -2.34. The highest BCUT2D eigenvalue weighted by molar-refractivity contribution is 6.00. The largest absolute Gasteiger partial charge is 0.398 e. The smallest absolute Gasteiger partial charge is 0.256 e. The van der Waals surface area contributed by atoms with Crippen LogP contribution >= 0.6 is 0 Å². The SMILES string of the molecule is CNC(=O)CN1CCN(C(=O)c2c(C)cccc2N)CC1. The Morgan fingerprint density at radius 1 is 1.24 bits per heavy atom. The molecule has 6 heteroatoms. The number of piperazine rings is 1. The maximum atomic E-state index is 12.6. The fourth-order valence-corrected chi connectivity index (χ4v) is 2.53. The highest BCUT2D eigenvalue weighted by Gasteiger charge is 2.25. The molecule has 3 N–H and O–H groups in total. The molecule has 1 aliphatic heterocycles. The predicted octanol–water partition coefficient (Wildman–Crippen LogP) is 0.0810. The van der Waals surface area contributed by atoms with Gasteiger partial charge in [0.2, 0.25) is 5.91 Å². The van der Waals surface area contributed by atoms with Crippen LogP contribution in [0.15, 0.2) is 18.2 Å². The normalized spacial score (nSPS) is 15.8. The molecule has 2 amide bonds. The van der Waals surface area contributed by atoms with Gasteiger partial charge in [-0.25, -0.2) is 0 Å². The third-order valence-corrected chi connectivity index (χ3v) is 3.82. The van der Waals surface area contributed by atoms with Gasteiger partial charge in [-0.05, 0) is 18.6 Å². The minimum Gasteiger partial charge on any atom is -0.398 e. The Kier molecular flexibility index (Phi) is 4.80. The summed E-state index contributed by atoms with van der Waals surface area (Å²) in [6.45, 7) is 4.90. The molecule has 2 rings (SSSR count). The lowest BCUT2D eigenvalue weighted by molar-refractivity contribution is -0.122. The zero-order valence-corrected chi connectivity index (χ0v) is 12.6. The van der Waals surface area contributed by atoms with E-state index in [4.69, 9.17) is 5.73 Å². The van der Waals surface area contributed by atoms with E-state index < -0.39 is 0 Å². The molecule has 1 aliphatic rings. The molecule has 0 aliphatic carbocycles. The summed E-state index contributed by atoms with van der Waals surface area (Å²) in [4.78, 5) is 27.8.